The second-order valence-electron chi connectivity index (χ2n) is 3.68. The molecule has 5 heteroatoms. The van der Waals surface area contributed by atoms with E-state index >= 15 is 0 Å². The summed E-state index contributed by atoms with van der Waals surface area (Å²) in [5.74, 6) is -0.258. The lowest BCUT2D eigenvalue weighted by atomic mass is 10.1. The van der Waals surface area contributed by atoms with Gasteiger partial charge >= 0.3 is 0 Å². The number of rotatable bonds is 5. The highest BCUT2D eigenvalue weighted by Crippen LogP contribution is 2.21. The third kappa shape index (κ3) is 3.85. The van der Waals surface area contributed by atoms with Gasteiger partial charge in [-0.3, -0.25) is 4.79 Å². The monoisotopic (exact) mass is 349 g/mol. The number of aliphatic hydroxyl groups is 1. The first-order valence-corrected chi connectivity index (χ1v) is 6.56. The Labute approximate surface area is 114 Å². The maximum atomic E-state index is 12.1. The van der Waals surface area contributed by atoms with Crippen LogP contribution in [0.25, 0.3) is 0 Å². The minimum absolute atomic E-state index is 0.0190. The number of hydrogen-bond donors (Lipinski definition) is 2. The van der Waals surface area contributed by atoms with Crippen molar-refractivity contribution in [3.05, 3.63) is 27.3 Å². The van der Waals surface area contributed by atoms with Crippen LogP contribution in [0.15, 0.2) is 18.2 Å². The van der Waals surface area contributed by atoms with Gasteiger partial charge < -0.3 is 15.1 Å². The fraction of sp³-hybridized carbons (Fsp3) is 0.417. The zero-order valence-corrected chi connectivity index (χ0v) is 11.8. The van der Waals surface area contributed by atoms with Crippen molar-refractivity contribution in [2.24, 2.45) is 0 Å². The van der Waals surface area contributed by atoms with Gasteiger partial charge in [0.1, 0.15) is 5.75 Å². The molecule has 0 fully saturated rings. The average molecular weight is 349 g/mol. The van der Waals surface area contributed by atoms with Crippen LogP contribution in [0.2, 0.25) is 0 Å². The Balaban J connectivity index is 2.95. The minimum atomic E-state index is -0.239. The maximum Gasteiger partial charge on any atom is 0.257 e. The van der Waals surface area contributed by atoms with Gasteiger partial charge in [0.05, 0.1) is 12.2 Å². The molecule has 0 aromatic heterocycles. The SMILES string of the molecule is CCCN(CCO)C(=O)c1cc(I)ccc1O. The summed E-state index contributed by atoms with van der Waals surface area (Å²) in [5, 5.41) is 18.6. The molecule has 0 aliphatic rings. The molecule has 0 bridgehead atoms. The van der Waals surface area contributed by atoms with Gasteiger partial charge in [0, 0.05) is 16.7 Å². The Bertz CT molecular complexity index is 389. The number of aromatic hydroxyl groups is 1. The maximum absolute atomic E-state index is 12.1. The van der Waals surface area contributed by atoms with Crippen LogP contribution in [0.5, 0.6) is 5.75 Å². The van der Waals surface area contributed by atoms with Crippen LogP contribution >= 0.6 is 22.6 Å². The molecule has 17 heavy (non-hydrogen) atoms. The van der Waals surface area contributed by atoms with Gasteiger partial charge in [0.15, 0.2) is 0 Å². The zero-order valence-electron chi connectivity index (χ0n) is 9.69. The topological polar surface area (TPSA) is 60.8 Å². The molecule has 0 aliphatic heterocycles. The van der Waals surface area contributed by atoms with E-state index in [2.05, 4.69) is 22.6 Å². The Morgan fingerprint density at radius 2 is 2.12 bits per heavy atom. The van der Waals surface area contributed by atoms with E-state index < -0.39 is 0 Å². The van der Waals surface area contributed by atoms with Gasteiger partial charge in [-0.25, -0.2) is 0 Å². The number of halogens is 1. The third-order valence-corrected chi connectivity index (χ3v) is 3.01. The van der Waals surface area contributed by atoms with Crippen molar-refractivity contribution >= 4 is 28.5 Å². The average Bonchev–Trinajstić information content (AvgIpc) is 2.31. The zero-order chi connectivity index (χ0) is 12.8. The number of benzene rings is 1. The van der Waals surface area contributed by atoms with E-state index in [0.717, 1.165) is 9.99 Å². The van der Waals surface area contributed by atoms with Crippen LogP contribution in [-0.2, 0) is 0 Å². The van der Waals surface area contributed by atoms with Crippen molar-refractivity contribution in [2.45, 2.75) is 13.3 Å². The summed E-state index contributed by atoms with van der Waals surface area (Å²) < 4.78 is 0.893. The predicted octanol–water partition coefficient (Wildman–Crippen LogP) is 1.84. The normalized spacial score (nSPS) is 10.3. The van der Waals surface area contributed by atoms with Crippen molar-refractivity contribution in [1.29, 1.82) is 0 Å². The molecule has 1 rings (SSSR count). The molecule has 0 saturated heterocycles. The first kappa shape index (κ1) is 14.2. The summed E-state index contributed by atoms with van der Waals surface area (Å²) in [5.41, 5.74) is 0.291. The second kappa shape index (κ2) is 6.80. The molecule has 1 amide bonds. The molecule has 0 saturated carbocycles. The molecular weight excluding hydrogens is 333 g/mol. The number of phenolic OH excluding ortho intramolecular Hbond substituents is 1. The lowest BCUT2D eigenvalue weighted by Crippen LogP contribution is -2.34. The fourth-order valence-corrected chi connectivity index (χ4v) is 2.05. The first-order chi connectivity index (χ1) is 8.10. The summed E-state index contributed by atoms with van der Waals surface area (Å²) in [6, 6.07) is 4.90. The van der Waals surface area contributed by atoms with E-state index in [1.165, 1.54) is 6.07 Å². The quantitative estimate of drug-likeness (QED) is 0.798. The number of aliphatic hydroxyl groups excluding tert-OH is 1. The van der Waals surface area contributed by atoms with Crippen LogP contribution in [0.3, 0.4) is 0 Å². The van der Waals surface area contributed by atoms with E-state index in [9.17, 15) is 9.90 Å². The first-order valence-electron chi connectivity index (χ1n) is 5.48. The van der Waals surface area contributed by atoms with Crippen LogP contribution < -0.4 is 0 Å². The number of nitrogens with zero attached hydrogens (tertiary/aromatic N) is 1. The lowest BCUT2D eigenvalue weighted by Gasteiger charge is -2.21. The Morgan fingerprint density at radius 3 is 2.71 bits per heavy atom. The van der Waals surface area contributed by atoms with E-state index in [-0.39, 0.29) is 24.8 Å². The molecule has 0 atom stereocenters. The van der Waals surface area contributed by atoms with Gasteiger partial charge in [0.2, 0.25) is 0 Å². The van der Waals surface area contributed by atoms with Gasteiger partial charge in [0.25, 0.3) is 5.91 Å². The molecule has 1 aromatic rings. The fourth-order valence-electron chi connectivity index (χ4n) is 1.56. The highest BCUT2D eigenvalue weighted by molar-refractivity contribution is 14.1. The van der Waals surface area contributed by atoms with Crippen LogP contribution in [0, 0.1) is 3.57 Å². The summed E-state index contributed by atoms with van der Waals surface area (Å²) >= 11 is 2.09. The summed E-state index contributed by atoms with van der Waals surface area (Å²) in [7, 11) is 0. The Morgan fingerprint density at radius 1 is 1.41 bits per heavy atom. The number of amides is 1. The van der Waals surface area contributed by atoms with Crippen molar-refractivity contribution in [1.82, 2.24) is 4.90 Å². The molecule has 0 unspecified atom stereocenters. The number of carbonyl (C=O) groups is 1. The summed E-state index contributed by atoms with van der Waals surface area (Å²) in [4.78, 5) is 13.7. The van der Waals surface area contributed by atoms with E-state index in [1.54, 1.807) is 17.0 Å². The Kier molecular flexibility index (Phi) is 5.70. The smallest absolute Gasteiger partial charge is 0.257 e. The van der Waals surface area contributed by atoms with Gasteiger partial charge in [-0.2, -0.15) is 0 Å². The van der Waals surface area contributed by atoms with Crippen LogP contribution in [-0.4, -0.2) is 40.7 Å². The van der Waals surface area contributed by atoms with E-state index in [4.69, 9.17) is 5.11 Å². The van der Waals surface area contributed by atoms with Gasteiger partial charge in [-0.15, -0.1) is 0 Å². The molecule has 0 spiro atoms. The summed E-state index contributed by atoms with van der Waals surface area (Å²) in [6.07, 6.45) is 0.816. The molecular formula is C12H16INO3. The standard InChI is InChI=1S/C12H16INO3/c1-2-5-14(6-7-15)12(17)10-8-9(13)3-4-11(10)16/h3-4,8,15-16H,2,5-7H2,1H3. The molecule has 0 aliphatic carbocycles. The highest BCUT2D eigenvalue weighted by atomic mass is 127. The van der Waals surface area contributed by atoms with Crippen molar-refractivity contribution in [3.63, 3.8) is 0 Å². The van der Waals surface area contributed by atoms with E-state index in [1.807, 2.05) is 6.92 Å². The van der Waals surface area contributed by atoms with Gasteiger partial charge in [-0.05, 0) is 47.2 Å². The van der Waals surface area contributed by atoms with Crippen molar-refractivity contribution in [3.8, 4) is 5.75 Å². The molecule has 0 radical (unpaired) electrons. The van der Waals surface area contributed by atoms with Crippen LogP contribution in [0.4, 0.5) is 0 Å². The van der Waals surface area contributed by atoms with Crippen LogP contribution in [0.1, 0.15) is 23.7 Å². The van der Waals surface area contributed by atoms with Crippen molar-refractivity contribution in [2.75, 3.05) is 19.7 Å². The van der Waals surface area contributed by atoms with Crippen molar-refractivity contribution < 1.29 is 15.0 Å². The number of phenols is 1. The molecule has 2 N–H and O–H groups in total. The minimum Gasteiger partial charge on any atom is -0.507 e. The third-order valence-electron chi connectivity index (χ3n) is 2.34. The highest BCUT2D eigenvalue weighted by Gasteiger charge is 2.18. The molecule has 4 nitrogen and oxygen atoms in total. The second-order valence-corrected chi connectivity index (χ2v) is 4.92. The molecule has 94 valence electrons. The van der Waals surface area contributed by atoms with E-state index in [0.29, 0.717) is 12.1 Å². The number of carbonyl (C=O) groups excluding carboxylic acids is 1. The van der Waals surface area contributed by atoms with Gasteiger partial charge in [-0.1, -0.05) is 6.92 Å². The number of hydrogen-bond acceptors (Lipinski definition) is 3. The predicted molar refractivity (Wildman–Crippen MR) is 74.1 cm³/mol. The largest absolute Gasteiger partial charge is 0.507 e. The molecule has 1 aromatic carbocycles. The molecule has 0 heterocycles. The summed E-state index contributed by atoms with van der Waals surface area (Å²) in [6.45, 7) is 2.75. The lowest BCUT2D eigenvalue weighted by molar-refractivity contribution is 0.0719. The Hall–Kier alpha value is -0.820.